The van der Waals surface area contributed by atoms with Gasteiger partial charge in [0.1, 0.15) is 5.76 Å². The molecule has 1 aromatic heterocycles. The van der Waals surface area contributed by atoms with Gasteiger partial charge in [-0.2, -0.15) is 0 Å². The second-order valence-corrected chi connectivity index (χ2v) is 3.48. The third-order valence-corrected chi connectivity index (χ3v) is 2.01. The van der Waals surface area contributed by atoms with E-state index in [4.69, 9.17) is 10.6 Å². The molecule has 0 bridgehead atoms. The number of aromatic nitrogens is 1. The maximum Gasteiger partial charge on any atom is 0.219 e. The van der Waals surface area contributed by atoms with Gasteiger partial charge < -0.3 is 10.2 Å². The zero-order valence-corrected chi connectivity index (χ0v) is 13.3. The van der Waals surface area contributed by atoms with Crippen LogP contribution in [0.1, 0.15) is 33.3 Å². The van der Waals surface area contributed by atoms with Gasteiger partial charge in [-0.25, -0.2) is 9.37 Å². The number of hydrazine groups is 1. The van der Waals surface area contributed by atoms with Crippen LogP contribution < -0.4 is 16.0 Å². The number of terminal acetylenes is 1. The van der Waals surface area contributed by atoms with E-state index in [1.807, 2.05) is 20.8 Å². The number of ether oxygens (including phenoxy) is 1. The minimum Gasteiger partial charge on any atom is -0.441 e. The van der Waals surface area contributed by atoms with E-state index in [0.717, 1.165) is 11.6 Å². The van der Waals surface area contributed by atoms with Crippen LogP contribution in [0.2, 0.25) is 0 Å². The Balaban J connectivity index is 0. The molecule has 0 radical (unpaired) electrons. The summed E-state index contributed by atoms with van der Waals surface area (Å²) in [4.78, 5) is 3.97. The number of hydrogen-bond donors (Lipinski definition) is 2. The number of pyridine rings is 1. The van der Waals surface area contributed by atoms with Gasteiger partial charge in [-0.05, 0) is 32.4 Å². The van der Waals surface area contributed by atoms with Crippen molar-refractivity contribution in [1.29, 1.82) is 0 Å². The van der Waals surface area contributed by atoms with Crippen LogP contribution in [0.3, 0.4) is 0 Å². The van der Waals surface area contributed by atoms with Gasteiger partial charge in [0.05, 0.1) is 11.9 Å². The van der Waals surface area contributed by atoms with Gasteiger partial charge in [0.2, 0.25) is 5.88 Å². The molecule has 0 saturated carbocycles. The topological polar surface area (TPSA) is 60.2 Å². The molecule has 0 aromatic carbocycles. The van der Waals surface area contributed by atoms with Crippen LogP contribution in [-0.2, 0) is 0 Å². The average molecular weight is 293 g/mol. The quantitative estimate of drug-likeness (QED) is 0.288. The van der Waals surface area contributed by atoms with Crippen LogP contribution in [0.15, 0.2) is 36.5 Å². The third kappa shape index (κ3) is 8.45. The predicted molar refractivity (Wildman–Crippen MR) is 87.3 cm³/mol. The van der Waals surface area contributed by atoms with E-state index in [-0.39, 0.29) is 5.76 Å². The maximum absolute atomic E-state index is 13.0. The van der Waals surface area contributed by atoms with Crippen molar-refractivity contribution in [3.63, 3.8) is 0 Å². The number of anilines is 1. The third-order valence-electron chi connectivity index (χ3n) is 2.01. The van der Waals surface area contributed by atoms with Crippen molar-refractivity contribution < 1.29 is 9.13 Å². The lowest BCUT2D eigenvalue weighted by atomic mass is 10.2. The molecule has 4 nitrogen and oxygen atoms in total. The van der Waals surface area contributed by atoms with Crippen molar-refractivity contribution >= 4 is 5.69 Å². The number of nitrogens with one attached hydrogen (secondary N) is 1. The summed E-state index contributed by atoms with van der Waals surface area (Å²) >= 11 is 0. The summed E-state index contributed by atoms with van der Waals surface area (Å²) in [6, 6.07) is 1.66. The first kappa shape index (κ1) is 21.0. The summed E-state index contributed by atoms with van der Waals surface area (Å²) in [7, 11) is 0. The molecule has 1 rings (SSSR count). The van der Waals surface area contributed by atoms with Crippen molar-refractivity contribution in [2.24, 2.45) is 5.84 Å². The van der Waals surface area contributed by atoms with Crippen LogP contribution in [-0.4, -0.2) is 4.98 Å². The molecule has 21 heavy (non-hydrogen) atoms. The molecule has 0 aliphatic heterocycles. The van der Waals surface area contributed by atoms with Gasteiger partial charge in [-0.15, -0.1) is 12.3 Å². The van der Waals surface area contributed by atoms with Crippen molar-refractivity contribution in [3.8, 4) is 18.2 Å². The molecule has 0 aliphatic rings. The molecule has 0 amide bonds. The number of allylic oxidation sites excluding steroid dienone is 3. The molecule has 0 atom stereocenters. The zero-order valence-electron chi connectivity index (χ0n) is 13.3. The summed E-state index contributed by atoms with van der Waals surface area (Å²) in [5.41, 5.74) is 4.04. The van der Waals surface area contributed by atoms with Crippen molar-refractivity contribution in [3.05, 3.63) is 42.1 Å². The van der Waals surface area contributed by atoms with Crippen molar-refractivity contribution in [1.82, 2.24) is 4.98 Å². The Morgan fingerprint density at radius 1 is 1.57 bits per heavy atom. The Morgan fingerprint density at radius 3 is 2.48 bits per heavy atom. The Bertz CT molecular complexity index is 505. The Hall–Kier alpha value is -2.32. The predicted octanol–water partition coefficient (Wildman–Crippen LogP) is 4.11. The highest BCUT2D eigenvalue weighted by Gasteiger charge is 2.04. The fourth-order valence-corrected chi connectivity index (χ4v) is 1.09. The van der Waals surface area contributed by atoms with Crippen LogP contribution in [0, 0.1) is 19.3 Å². The Kier molecular flexibility index (Phi) is 12.7. The van der Waals surface area contributed by atoms with E-state index in [2.05, 4.69) is 29.3 Å². The standard InChI is InChI=1S/C11H14FN3O.C3H4.C2H6/c1-4-9(12)8(3)16-11-5-7(2)10(15-13)6-14-11;1-3-2;1-2/h4-6,15H,1,13H2,2-3H3;1H,2H3;1-2H3/b9-8-;;. The van der Waals surface area contributed by atoms with E-state index in [1.54, 1.807) is 13.0 Å². The smallest absolute Gasteiger partial charge is 0.219 e. The van der Waals surface area contributed by atoms with Crippen LogP contribution in [0.25, 0.3) is 0 Å². The molecule has 0 spiro atoms. The molecule has 0 aliphatic carbocycles. The molecule has 1 heterocycles. The number of aryl methyl sites for hydroxylation is 1. The van der Waals surface area contributed by atoms with E-state index < -0.39 is 5.83 Å². The number of hydrogen-bond acceptors (Lipinski definition) is 4. The largest absolute Gasteiger partial charge is 0.441 e. The monoisotopic (exact) mass is 293 g/mol. The van der Waals surface area contributed by atoms with E-state index in [0.29, 0.717) is 11.6 Å². The SMILES string of the molecule is C#CC.C=C/C(F)=C(\C)Oc1cc(C)c(NN)cn1.CC. The van der Waals surface area contributed by atoms with E-state index in [1.165, 1.54) is 13.1 Å². The fraction of sp³-hybridized carbons (Fsp3) is 0.312. The van der Waals surface area contributed by atoms with Gasteiger partial charge in [-0.1, -0.05) is 20.4 Å². The summed E-state index contributed by atoms with van der Waals surface area (Å²) in [5, 5.41) is 0. The summed E-state index contributed by atoms with van der Waals surface area (Å²) < 4.78 is 18.2. The average Bonchev–Trinajstić information content (AvgIpc) is 2.49. The normalized spacial score (nSPS) is 9.62. The summed E-state index contributed by atoms with van der Waals surface area (Å²) in [6.07, 6.45) is 7.20. The highest BCUT2D eigenvalue weighted by atomic mass is 19.1. The first-order valence-electron chi connectivity index (χ1n) is 6.47. The summed E-state index contributed by atoms with van der Waals surface area (Å²) in [6.45, 7) is 12.3. The number of rotatable bonds is 4. The molecule has 5 heteroatoms. The summed E-state index contributed by atoms with van der Waals surface area (Å²) in [5.74, 6) is 7.43. The Labute approximate surface area is 126 Å². The highest BCUT2D eigenvalue weighted by molar-refractivity contribution is 5.49. The fourth-order valence-electron chi connectivity index (χ4n) is 1.09. The Morgan fingerprint density at radius 2 is 2.10 bits per heavy atom. The van der Waals surface area contributed by atoms with Crippen molar-refractivity contribution in [2.45, 2.75) is 34.6 Å². The lowest BCUT2D eigenvalue weighted by molar-refractivity contribution is 0.388. The molecule has 116 valence electrons. The molecular weight excluding hydrogens is 269 g/mol. The van der Waals surface area contributed by atoms with Crippen molar-refractivity contribution in [2.75, 3.05) is 5.43 Å². The first-order chi connectivity index (χ1) is 9.99. The van der Waals surface area contributed by atoms with Gasteiger partial charge in [-0.3, -0.25) is 5.84 Å². The van der Waals surface area contributed by atoms with E-state index >= 15 is 0 Å². The molecule has 3 N–H and O–H groups in total. The first-order valence-corrected chi connectivity index (χ1v) is 6.47. The lowest BCUT2D eigenvalue weighted by Gasteiger charge is -2.08. The number of nitrogens with two attached hydrogens (primary N) is 1. The second-order valence-electron chi connectivity index (χ2n) is 3.48. The van der Waals surface area contributed by atoms with Gasteiger partial charge >= 0.3 is 0 Å². The number of nitrogens with zero attached hydrogens (tertiary/aromatic N) is 1. The highest BCUT2D eigenvalue weighted by Crippen LogP contribution is 2.20. The van der Waals surface area contributed by atoms with Gasteiger partial charge in [0.25, 0.3) is 0 Å². The lowest BCUT2D eigenvalue weighted by Crippen LogP contribution is -2.08. The van der Waals surface area contributed by atoms with Gasteiger partial charge in [0, 0.05) is 6.07 Å². The van der Waals surface area contributed by atoms with Crippen LogP contribution in [0.5, 0.6) is 5.88 Å². The molecule has 0 unspecified atom stereocenters. The molecular formula is C16H24FN3O. The number of nitrogen functional groups attached to an aromatic ring is 1. The molecule has 1 aromatic rings. The van der Waals surface area contributed by atoms with Gasteiger partial charge in [0.15, 0.2) is 5.83 Å². The maximum atomic E-state index is 13.0. The number of halogens is 1. The minimum atomic E-state index is -0.513. The second kappa shape index (κ2) is 12.7. The minimum absolute atomic E-state index is 0.121. The molecule has 0 saturated heterocycles. The molecule has 0 fully saturated rings. The zero-order chi connectivity index (χ0) is 16.8. The van der Waals surface area contributed by atoms with Crippen LogP contribution in [0.4, 0.5) is 10.1 Å². The van der Waals surface area contributed by atoms with Crippen LogP contribution >= 0.6 is 0 Å². The van der Waals surface area contributed by atoms with E-state index in [9.17, 15) is 4.39 Å².